The van der Waals surface area contributed by atoms with Gasteiger partial charge in [-0.3, -0.25) is 69.9 Å². The van der Waals surface area contributed by atoms with Crippen LogP contribution in [0.15, 0.2) is 259 Å². The predicted octanol–water partition coefficient (Wildman–Crippen LogP) is 18.9. The van der Waals surface area contributed by atoms with Gasteiger partial charge in [0, 0.05) is 142 Å². The van der Waals surface area contributed by atoms with Crippen LogP contribution in [0, 0.1) is 53.2 Å². The number of ether oxygens (including phenoxy) is 4. The first-order chi connectivity index (χ1) is 61.5. The third kappa shape index (κ3) is 32.5. The Morgan fingerprint density at radius 1 is 0.500 bits per heavy atom. The minimum atomic E-state index is -0.668. The fourth-order valence-electron chi connectivity index (χ4n) is 13.4. The Hall–Kier alpha value is -14.5. The molecule has 32 nitrogen and oxygen atoms in total. The summed E-state index contributed by atoms with van der Waals surface area (Å²) < 4.78 is 64.6. The maximum absolute atomic E-state index is 14.7. The van der Waals surface area contributed by atoms with Crippen LogP contribution in [0.5, 0.6) is 5.88 Å². The number of nitro benzene ring substituents is 3. The van der Waals surface area contributed by atoms with Gasteiger partial charge in [0.15, 0.2) is 5.15 Å². The summed E-state index contributed by atoms with van der Waals surface area (Å²) in [6, 6.07) is 49.2. The summed E-state index contributed by atoms with van der Waals surface area (Å²) in [5.74, 6) is -0.739. The average Bonchev–Trinajstić information content (AvgIpc) is 1.65. The van der Waals surface area contributed by atoms with E-state index in [2.05, 4.69) is 35.5 Å². The van der Waals surface area contributed by atoms with Gasteiger partial charge in [-0.15, -0.1) is 0 Å². The van der Waals surface area contributed by atoms with Gasteiger partial charge in [-0.05, 0) is 159 Å². The smallest absolute Gasteiger partial charge is 0.410 e. The van der Waals surface area contributed by atoms with Crippen LogP contribution in [0.3, 0.4) is 0 Å². The van der Waals surface area contributed by atoms with Gasteiger partial charge in [-0.2, -0.15) is 4.98 Å². The number of pyridine rings is 1. The first-order valence-electron chi connectivity index (χ1n) is 41.2. The molecule has 0 unspecified atom stereocenters. The number of nitrogens with one attached hydrogen (secondary N) is 3. The Kier molecular flexibility index (Phi) is 41.3. The SMILES string of the molecule is C.C.C.C.C/C=C1/CN(C(=O)OC(C)(C)C)CC1=N.CC(C)(C)OC(=O)N1CC(N)=C(C(=NCc2cccc([N+](=O)[O-])c2)c2ccccc2F)C1.CC(C)(C)OC(=O)N1CC(N)=C(C=NCc2cccc([N+](=O)[O-])c2)C1.COc1ccc(Nc2cccc(CN=C(C3=C(N)CN(C)C3)c3ccccc3F)c2)c(Cl)n1.NC1=C(C(=NCc2cccc([N+](=O)[O-])c2)c2ccccc2F)CNC1. The number of aliphatic imine (C=N–C) groups is 4. The van der Waals surface area contributed by atoms with E-state index in [0.29, 0.717) is 150 Å². The number of nitrogens with two attached hydrogens (primary N) is 4. The van der Waals surface area contributed by atoms with Crippen molar-refractivity contribution in [2.75, 3.05) is 84.9 Å². The van der Waals surface area contributed by atoms with Crippen LogP contribution < -0.4 is 38.3 Å². The average molecular weight is 1870 g/mol. The number of amides is 3. The number of methoxy groups -OCH3 is 1. The summed E-state index contributed by atoms with van der Waals surface area (Å²) in [6.45, 7) is 23.1. The van der Waals surface area contributed by atoms with Crippen LogP contribution >= 0.6 is 11.6 Å². The van der Waals surface area contributed by atoms with Gasteiger partial charge in [-0.25, -0.2) is 27.6 Å². The van der Waals surface area contributed by atoms with Gasteiger partial charge < -0.3 is 57.9 Å². The number of allylic oxidation sites excluding steroid dienone is 1. The Labute approximate surface area is 786 Å². The van der Waals surface area contributed by atoms with E-state index in [-0.39, 0.29) is 96.2 Å². The van der Waals surface area contributed by atoms with E-state index in [1.54, 1.807) is 163 Å². The largest absolute Gasteiger partial charge is 0.481 e. The van der Waals surface area contributed by atoms with E-state index in [1.807, 2.05) is 65.1 Å². The lowest BCUT2D eigenvalue weighted by Crippen LogP contribution is -2.36. The molecule has 0 radical (unpaired) electrons. The van der Waals surface area contributed by atoms with Gasteiger partial charge in [0.2, 0.25) is 5.88 Å². The van der Waals surface area contributed by atoms with Crippen molar-refractivity contribution in [2.45, 2.75) is 142 Å². The fraction of sp³-hybridized carbons (Fsp3) is 0.337. The molecule has 3 amide bonds. The maximum Gasteiger partial charge on any atom is 0.410 e. The van der Waals surface area contributed by atoms with Gasteiger partial charge in [-0.1, -0.05) is 132 Å². The van der Waals surface area contributed by atoms with E-state index in [0.717, 1.165) is 44.8 Å². The number of likely N-dealkylation sites (N-methyl/N-ethyl adjacent to an activating group) is 1. The number of carbonyl (C=O) groups is 3. The molecular formula is C98H123ClF3N19O13. The second kappa shape index (κ2) is 50.3. The van der Waals surface area contributed by atoms with E-state index >= 15 is 0 Å². The van der Waals surface area contributed by atoms with Gasteiger partial charge in [0.1, 0.15) is 34.3 Å². The lowest BCUT2D eigenvalue weighted by Gasteiger charge is -2.24. The number of aromatic nitrogens is 1. The molecule has 7 aromatic carbocycles. The Bertz CT molecular complexity index is 5830. The van der Waals surface area contributed by atoms with Crippen molar-refractivity contribution in [2.24, 2.45) is 42.9 Å². The third-order valence-corrected chi connectivity index (χ3v) is 19.8. The number of hydrogen-bond donors (Lipinski definition) is 7. The minimum Gasteiger partial charge on any atom is -0.481 e. The van der Waals surface area contributed by atoms with Crippen molar-refractivity contribution < 1.29 is 61.3 Å². The van der Waals surface area contributed by atoms with Gasteiger partial charge in [0.05, 0.1) is 116 Å². The molecule has 5 aliphatic rings. The first kappa shape index (κ1) is 110. The topological polar surface area (TPSA) is 445 Å². The molecule has 0 aliphatic carbocycles. The number of hydrogen-bond acceptors (Lipinski definition) is 26. The van der Waals surface area contributed by atoms with Crippen LogP contribution in [0.4, 0.5) is 56.0 Å². The Morgan fingerprint density at radius 2 is 0.896 bits per heavy atom. The molecular weight excluding hydrogens is 1740 g/mol. The quantitative estimate of drug-likeness (QED) is 0.0115. The second-order valence-electron chi connectivity index (χ2n) is 33.3. The zero-order chi connectivity index (χ0) is 94.9. The predicted molar refractivity (Wildman–Crippen MR) is 524 cm³/mol. The first-order valence-corrected chi connectivity index (χ1v) is 41.5. The van der Waals surface area contributed by atoms with E-state index in [1.165, 1.54) is 64.4 Å². The summed E-state index contributed by atoms with van der Waals surface area (Å²) in [5, 5.41) is 47.1. The van der Waals surface area contributed by atoms with Crippen LogP contribution in [0.25, 0.3) is 0 Å². The lowest BCUT2D eigenvalue weighted by molar-refractivity contribution is -0.385. The highest BCUT2D eigenvalue weighted by molar-refractivity contribution is 6.32. The number of non-ortho nitro benzene ring substituents is 3. The molecule has 0 saturated carbocycles. The number of carbonyl (C=O) groups excluding carboxylic acids is 3. The molecule has 1 aromatic heterocycles. The van der Waals surface area contributed by atoms with Crippen LogP contribution in [-0.4, -0.2) is 183 Å². The van der Waals surface area contributed by atoms with E-state index in [4.69, 9.17) is 63.9 Å². The summed E-state index contributed by atoms with van der Waals surface area (Å²) >= 11 is 6.25. The molecule has 0 atom stereocenters. The highest BCUT2D eigenvalue weighted by Crippen LogP contribution is 2.31. The van der Waals surface area contributed by atoms with Crippen molar-refractivity contribution in [3.8, 4) is 5.88 Å². The van der Waals surface area contributed by atoms with Crippen molar-refractivity contribution in [1.82, 2.24) is 29.9 Å². The van der Waals surface area contributed by atoms with Crippen LogP contribution in [-0.2, 0) is 40.4 Å². The van der Waals surface area contributed by atoms with Gasteiger partial charge in [0.25, 0.3) is 17.1 Å². The maximum atomic E-state index is 14.7. The lowest BCUT2D eigenvalue weighted by atomic mass is 10.0. The third-order valence-electron chi connectivity index (χ3n) is 19.5. The summed E-state index contributed by atoms with van der Waals surface area (Å²) in [7, 11) is 3.52. The van der Waals surface area contributed by atoms with E-state index in [9.17, 15) is 57.9 Å². The Balaban J connectivity index is 0.000000299. The van der Waals surface area contributed by atoms with E-state index < -0.39 is 49.6 Å². The van der Waals surface area contributed by atoms with Crippen molar-refractivity contribution in [3.05, 3.63) is 331 Å². The zero-order valence-electron chi connectivity index (χ0n) is 74.4. The number of anilines is 2. The van der Waals surface area contributed by atoms with Crippen molar-refractivity contribution >= 4 is 87.4 Å². The molecule has 716 valence electrons. The second-order valence-corrected chi connectivity index (χ2v) is 33.7. The normalized spacial score (nSPS) is 14.9. The molecule has 1 saturated heterocycles. The number of halogens is 4. The molecule has 8 aromatic rings. The molecule has 1 fully saturated rings. The number of nitrogens with zero attached hydrogens (tertiary/aromatic N) is 12. The molecule has 6 heterocycles. The Morgan fingerprint density at radius 3 is 1.28 bits per heavy atom. The van der Waals surface area contributed by atoms with Gasteiger partial charge >= 0.3 is 18.3 Å². The number of likely N-dealkylation sites (tertiary alicyclic amines) is 1. The summed E-state index contributed by atoms with van der Waals surface area (Å²) in [5.41, 5.74) is 36.2. The molecule has 5 aliphatic heterocycles. The fourth-order valence-corrected chi connectivity index (χ4v) is 13.6. The standard InChI is InChI=1S/C25H25ClFN5O.C23H25FN4O4.C18H17FN4O2.C17H22N4O4.C11H18N2O2.4CH4/c1-32-14-19(21(28)15-32)24(18-8-3-4-9-20(18)27)29-13-16-6-5-7-17(12-16)30-22-10-11-23(33-2)31-25(22)26;1-23(2,3)32-22(29)27-13-18(20(25)14-27)21(17-9-4-5-10-19(17)24)26-12-15-7-6-8-16(11-15)28(30)31;19-16-7-2-1-6-14(16)18(15-10-21-11-17(15)20)22-9-12-4-3-5-13(8-12)23(24)25;1-17(2,3)25-16(22)20-10-13(15(18)11-20)9-19-8-12-5-4-6-14(7-12)21(23)24;1-5-8-6-13(7-9(8)12)10(14)15-11(2,3)4;;;;/h3-12,30H,13-15,28H2,1-2H3;4-11H,12-14,25H2,1-3H3;1-8,21H,9-11,20H2;4-7,9H,8,10-11,18H2,1-3H3;5,12H,6-7H2,1-4H3;4*1H4/b;;;;8-5-,12-9?;;;;. The van der Waals surface area contributed by atoms with Crippen molar-refractivity contribution in [1.29, 1.82) is 5.41 Å². The highest BCUT2D eigenvalue weighted by Gasteiger charge is 2.34. The monoisotopic (exact) mass is 1870 g/mol. The van der Waals surface area contributed by atoms with Crippen LogP contribution in [0.2, 0.25) is 5.15 Å². The summed E-state index contributed by atoms with van der Waals surface area (Å²) in [4.78, 5) is 96.5. The number of nitro groups is 3. The van der Waals surface area contributed by atoms with Crippen molar-refractivity contribution in [3.63, 3.8) is 0 Å². The highest BCUT2D eigenvalue weighted by atomic mass is 35.5. The zero-order valence-corrected chi connectivity index (χ0v) is 75.1. The number of rotatable bonds is 21. The molecule has 0 spiro atoms. The molecule has 36 heteroatoms. The summed E-state index contributed by atoms with van der Waals surface area (Å²) in [6.07, 6.45) is 2.19. The molecule has 13 rings (SSSR count). The van der Waals surface area contributed by atoms with Crippen LogP contribution in [0.1, 0.15) is 138 Å². The molecule has 11 N–H and O–H groups in total. The number of benzene rings is 7. The molecule has 0 bridgehead atoms. The minimum absolute atomic E-state index is 0. The molecule has 134 heavy (non-hydrogen) atoms.